The molecule has 140 valence electrons. The number of amides is 2. The molecule has 0 spiro atoms. The lowest BCUT2D eigenvalue weighted by atomic mass is 10.1. The minimum Gasteiger partial charge on any atom is -0.367 e. The molecule has 0 saturated carbocycles. The van der Waals surface area contributed by atoms with Crippen LogP contribution in [0.15, 0.2) is 54.7 Å². The summed E-state index contributed by atoms with van der Waals surface area (Å²) in [6.45, 7) is 2.71. The van der Waals surface area contributed by atoms with Crippen molar-refractivity contribution in [3.05, 3.63) is 66.0 Å². The summed E-state index contributed by atoms with van der Waals surface area (Å²) >= 11 is 0. The molecular formula is C20H22N4O3. The standard InChI is InChI=1S/C20H22N4O3/c25-19(22-27)9-8-16-5-1-2-7-18(16)23-11-13-24(14-12-23)20(26)15-17-6-3-4-10-21-17/h1-10,27H,11-15H2,(H,22,25)/b9-8+. The lowest BCUT2D eigenvalue weighted by Gasteiger charge is -2.36. The van der Waals surface area contributed by atoms with E-state index < -0.39 is 5.91 Å². The van der Waals surface area contributed by atoms with Crippen LogP contribution in [0.1, 0.15) is 11.3 Å². The number of carbonyl (C=O) groups is 2. The molecule has 0 bridgehead atoms. The summed E-state index contributed by atoms with van der Waals surface area (Å²) in [5, 5.41) is 8.61. The zero-order valence-corrected chi connectivity index (χ0v) is 14.9. The number of para-hydroxylation sites is 1. The minimum atomic E-state index is -0.574. The van der Waals surface area contributed by atoms with E-state index >= 15 is 0 Å². The lowest BCUT2D eigenvalue weighted by molar-refractivity contribution is -0.130. The number of aromatic nitrogens is 1. The Hall–Kier alpha value is -3.19. The number of hydrogen-bond acceptors (Lipinski definition) is 5. The number of hydrogen-bond donors (Lipinski definition) is 2. The van der Waals surface area contributed by atoms with Crippen LogP contribution in [0, 0.1) is 0 Å². The van der Waals surface area contributed by atoms with Gasteiger partial charge in [0.05, 0.1) is 6.42 Å². The maximum absolute atomic E-state index is 12.5. The van der Waals surface area contributed by atoms with Crippen molar-refractivity contribution in [2.45, 2.75) is 6.42 Å². The average Bonchev–Trinajstić information content (AvgIpc) is 2.73. The van der Waals surface area contributed by atoms with Gasteiger partial charge in [-0.05, 0) is 29.8 Å². The molecule has 3 rings (SSSR count). The number of benzene rings is 1. The first-order chi connectivity index (χ1) is 13.2. The number of carbonyl (C=O) groups excluding carboxylic acids is 2. The second-order valence-electron chi connectivity index (χ2n) is 6.23. The van der Waals surface area contributed by atoms with E-state index in [4.69, 9.17) is 5.21 Å². The topological polar surface area (TPSA) is 85.8 Å². The second-order valence-corrected chi connectivity index (χ2v) is 6.23. The predicted octanol–water partition coefficient (Wildman–Crippen LogP) is 1.49. The van der Waals surface area contributed by atoms with E-state index in [0.29, 0.717) is 32.6 Å². The fourth-order valence-electron chi connectivity index (χ4n) is 3.09. The summed E-state index contributed by atoms with van der Waals surface area (Å²) in [6.07, 6.45) is 4.96. The summed E-state index contributed by atoms with van der Waals surface area (Å²) < 4.78 is 0. The molecule has 0 aliphatic carbocycles. The first-order valence-corrected chi connectivity index (χ1v) is 8.81. The quantitative estimate of drug-likeness (QED) is 0.476. The Morgan fingerprint density at radius 3 is 2.52 bits per heavy atom. The Morgan fingerprint density at radius 1 is 1.07 bits per heavy atom. The third kappa shape index (κ3) is 4.92. The van der Waals surface area contributed by atoms with Crippen LogP contribution in [0.3, 0.4) is 0 Å². The summed E-state index contributed by atoms with van der Waals surface area (Å²) in [5.74, 6) is -0.490. The third-order valence-corrected chi connectivity index (χ3v) is 4.49. The van der Waals surface area contributed by atoms with Crippen LogP contribution in [0.25, 0.3) is 6.08 Å². The van der Waals surface area contributed by atoms with Crippen molar-refractivity contribution >= 4 is 23.6 Å². The van der Waals surface area contributed by atoms with Crippen molar-refractivity contribution in [3.8, 4) is 0 Å². The van der Waals surface area contributed by atoms with Crippen LogP contribution in [0.4, 0.5) is 5.69 Å². The lowest BCUT2D eigenvalue weighted by Crippen LogP contribution is -2.49. The number of nitrogens with one attached hydrogen (secondary N) is 1. The first-order valence-electron chi connectivity index (χ1n) is 8.81. The normalized spacial score (nSPS) is 14.4. The Kier molecular flexibility index (Phi) is 6.17. The predicted molar refractivity (Wildman–Crippen MR) is 102 cm³/mol. The SMILES string of the molecule is O=C(/C=C/c1ccccc1N1CCN(C(=O)Cc2ccccn2)CC1)NO. The van der Waals surface area contributed by atoms with Crippen LogP contribution in [0.5, 0.6) is 0 Å². The van der Waals surface area contributed by atoms with Crippen molar-refractivity contribution in [1.82, 2.24) is 15.4 Å². The van der Waals surface area contributed by atoms with Gasteiger partial charge in [-0.15, -0.1) is 0 Å². The van der Waals surface area contributed by atoms with E-state index in [0.717, 1.165) is 16.9 Å². The molecule has 27 heavy (non-hydrogen) atoms. The average molecular weight is 366 g/mol. The molecule has 2 aromatic rings. The molecule has 1 aromatic heterocycles. The number of hydroxylamine groups is 1. The summed E-state index contributed by atoms with van der Waals surface area (Å²) in [7, 11) is 0. The van der Waals surface area contributed by atoms with E-state index in [1.165, 1.54) is 6.08 Å². The van der Waals surface area contributed by atoms with Crippen molar-refractivity contribution in [1.29, 1.82) is 0 Å². The van der Waals surface area contributed by atoms with Gasteiger partial charge in [0.15, 0.2) is 0 Å². The highest BCUT2D eigenvalue weighted by molar-refractivity contribution is 5.91. The fraction of sp³-hybridized carbons (Fsp3) is 0.250. The Morgan fingerprint density at radius 2 is 1.81 bits per heavy atom. The van der Waals surface area contributed by atoms with Gasteiger partial charge >= 0.3 is 0 Å². The van der Waals surface area contributed by atoms with Crippen molar-refractivity contribution in [2.75, 3.05) is 31.1 Å². The van der Waals surface area contributed by atoms with Gasteiger partial charge < -0.3 is 9.80 Å². The number of anilines is 1. The van der Waals surface area contributed by atoms with Crippen LogP contribution in [-0.2, 0) is 16.0 Å². The number of pyridine rings is 1. The molecule has 7 nitrogen and oxygen atoms in total. The highest BCUT2D eigenvalue weighted by atomic mass is 16.5. The van der Waals surface area contributed by atoms with Gasteiger partial charge in [-0.2, -0.15) is 0 Å². The van der Waals surface area contributed by atoms with Crippen molar-refractivity contribution in [2.24, 2.45) is 0 Å². The molecular weight excluding hydrogens is 344 g/mol. The first kappa shape index (κ1) is 18.6. The molecule has 2 amide bonds. The molecule has 2 N–H and O–H groups in total. The van der Waals surface area contributed by atoms with Gasteiger partial charge in [-0.3, -0.25) is 19.8 Å². The van der Waals surface area contributed by atoms with E-state index in [2.05, 4.69) is 9.88 Å². The van der Waals surface area contributed by atoms with Gasteiger partial charge in [-0.25, -0.2) is 5.48 Å². The highest BCUT2D eigenvalue weighted by Crippen LogP contribution is 2.23. The Balaban J connectivity index is 1.62. The van der Waals surface area contributed by atoms with E-state index in [-0.39, 0.29) is 5.91 Å². The maximum atomic E-state index is 12.5. The molecule has 0 unspecified atom stereocenters. The Labute approximate surface area is 157 Å². The van der Waals surface area contributed by atoms with Crippen molar-refractivity contribution in [3.63, 3.8) is 0 Å². The van der Waals surface area contributed by atoms with E-state index in [1.807, 2.05) is 47.4 Å². The monoisotopic (exact) mass is 366 g/mol. The van der Waals surface area contributed by atoms with Crippen LogP contribution in [-0.4, -0.2) is 53.1 Å². The smallest absolute Gasteiger partial charge is 0.267 e. The molecule has 1 aromatic carbocycles. The van der Waals surface area contributed by atoms with E-state index in [1.54, 1.807) is 17.8 Å². The molecule has 7 heteroatoms. The molecule has 1 fully saturated rings. The maximum Gasteiger partial charge on any atom is 0.267 e. The summed E-state index contributed by atoms with van der Waals surface area (Å²) in [4.78, 5) is 32.0. The summed E-state index contributed by atoms with van der Waals surface area (Å²) in [6, 6.07) is 13.3. The van der Waals surface area contributed by atoms with Gasteiger partial charge in [0, 0.05) is 49.8 Å². The molecule has 0 radical (unpaired) electrons. The second kappa shape index (κ2) is 8.95. The van der Waals surface area contributed by atoms with Gasteiger partial charge in [0.2, 0.25) is 5.91 Å². The summed E-state index contributed by atoms with van der Waals surface area (Å²) in [5.41, 5.74) is 4.24. The third-order valence-electron chi connectivity index (χ3n) is 4.49. The van der Waals surface area contributed by atoms with E-state index in [9.17, 15) is 9.59 Å². The fourth-order valence-corrected chi connectivity index (χ4v) is 3.09. The van der Waals surface area contributed by atoms with Gasteiger partial charge in [0.1, 0.15) is 0 Å². The Bertz CT molecular complexity index is 815. The zero-order valence-electron chi connectivity index (χ0n) is 14.9. The van der Waals surface area contributed by atoms with Crippen LogP contribution >= 0.6 is 0 Å². The highest BCUT2D eigenvalue weighted by Gasteiger charge is 2.22. The molecule has 0 atom stereocenters. The van der Waals surface area contributed by atoms with Crippen molar-refractivity contribution < 1.29 is 14.8 Å². The van der Waals surface area contributed by atoms with Gasteiger partial charge in [-0.1, -0.05) is 24.3 Å². The molecule has 1 aliphatic heterocycles. The van der Waals surface area contributed by atoms with Gasteiger partial charge in [0.25, 0.3) is 5.91 Å². The zero-order chi connectivity index (χ0) is 19.1. The van der Waals surface area contributed by atoms with Crippen LogP contribution < -0.4 is 10.4 Å². The molecule has 2 heterocycles. The largest absolute Gasteiger partial charge is 0.367 e. The molecule has 1 aliphatic rings. The molecule has 1 saturated heterocycles. The van der Waals surface area contributed by atoms with Crippen LogP contribution in [0.2, 0.25) is 0 Å². The number of nitrogens with zero attached hydrogens (tertiary/aromatic N) is 3. The number of piperazine rings is 1. The number of rotatable bonds is 5. The minimum absolute atomic E-state index is 0.0844.